The molecule has 0 aliphatic carbocycles. The zero-order valence-corrected chi connectivity index (χ0v) is 9.80. The van der Waals surface area contributed by atoms with E-state index in [4.69, 9.17) is 0 Å². The molecule has 3 nitrogen and oxygen atoms in total. The van der Waals surface area contributed by atoms with E-state index in [0.29, 0.717) is 5.69 Å². The summed E-state index contributed by atoms with van der Waals surface area (Å²) >= 11 is 4.98. The number of aryl methyl sites for hydroxylation is 1. The number of carbonyl (C=O) groups excluding carboxylic acids is 1. The molecule has 0 unspecified atom stereocenters. The van der Waals surface area contributed by atoms with Gasteiger partial charge in [0.25, 0.3) is 0 Å². The highest BCUT2D eigenvalue weighted by Crippen LogP contribution is 2.30. The summed E-state index contributed by atoms with van der Waals surface area (Å²) in [6.45, 7) is 0. The molecular weight excluding hydrogens is 264 g/mol. The first-order chi connectivity index (χ1) is 6.70. The van der Waals surface area contributed by atoms with Crippen LogP contribution in [0.5, 0.6) is 0 Å². The minimum Gasteiger partial charge on any atom is -0.296 e. The molecule has 0 amide bonds. The number of hydrogen-bond acceptors (Lipinski definition) is 3. The molecule has 2 rings (SSSR count). The third-order valence-corrected chi connectivity index (χ3v) is 3.51. The molecule has 0 atom stereocenters. The summed E-state index contributed by atoms with van der Waals surface area (Å²) in [7, 11) is 1.76. The molecule has 0 aromatic carbocycles. The van der Waals surface area contributed by atoms with Crippen molar-refractivity contribution in [3.05, 3.63) is 27.7 Å². The van der Waals surface area contributed by atoms with Crippen LogP contribution in [-0.2, 0) is 7.05 Å². The van der Waals surface area contributed by atoms with Gasteiger partial charge < -0.3 is 0 Å². The van der Waals surface area contributed by atoms with Gasteiger partial charge in [-0.15, -0.1) is 11.3 Å². The predicted molar refractivity (Wildman–Crippen MR) is 59.6 cm³/mol. The molecule has 0 spiro atoms. The van der Waals surface area contributed by atoms with Crippen LogP contribution in [0.25, 0.3) is 10.6 Å². The van der Waals surface area contributed by atoms with Crippen LogP contribution in [0.2, 0.25) is 0 Å². The van der Waals surface area contributed by atoms with Crippen molar-refractivity contribution in [2.24, 2.45) is 7.05 Å². The van der Waals surface area contributed by atoms with Crippen LogP contribution in [0.15, 0.2) is 22.0 Å². The van der Waals surface area contributed by atoms with Crippen molar-refractivity contribution in [1.82, 2.24) is 9.78 Å². The van der Waals surface area contributed by atoms with Gasteiger partial charge in [-0.25, -0.2) is 0 Å². The maximum Gasteiger partial charge on any atom is 0.168 e. The van der Waals surface area contributed by atoms with Crippen molar-refractivity contribution in [3.63, 3.8) is 0 Å². The van der Waals surface area contributed by atoms with Crippen LogP contribution in [0.4, 0.5) is 0 Å². The summed E-state index contributed by atoms with van der Waals surface area (Å²) < 4.78 is 2.64. The third-order valence-electron chi connectivity index (χ3n) is 1.86. The molecule has 2 aromatic rings. The summed E-state index contributed by atoms with van der Waals surface area (Å²) in [4.78, 5) is 11.7. The van der Waals surface area contributed by atoms with E-state index in [1.807, 2.05) is 12.1 Å². The van der Waals surface area contributed by atoms with Gasteiger partial charge in [0.2, 0.25) is 0 Å². The van der Waals surface area contributed by atoms with E-state index in [1.165, 1.54) is 0 Å². The van der Waals surface area contributed by atoms with Gasteiger partial charge in [-0.3, -0.25) is 9.48 Å². The highest BCUT2D eigenvalue weighted by Gasteiger charge is 2.07. The number of rotatable bonds is 2. The van der Waals surface area contributed by atoms with E-state index in [9.17, 15) is 4.79 Å². The predicted octanol–water partition coefficient (Wildman–Crippen LogP) is 2.72. The molecular formula is C9H7BrN2OS. The van der Waals surface area contributed by atoms with Gasteiger partial charge in [0, 0.05) is 7.05 Å². The Bertz CT molecular complexity index is 475. The quantitative estimate of drug-likeness (QED) is 0.787. The zero-order valence-electron chi connectivity index (χ0n) is 7.40. The van der Waals surface area contributed by atoms with Crippen molar-refractivity contribution in [1.29, 1.82) is 0 Å². The average molecular weight is 271 g/mol. The first kappa shape index (κ1) is 9.61. The fraction of sp³-hybridized carbons (Fsp3) is 0.111. The molecule has 2 heterocycles. The Morgan fingerprint density at radius 1 is 1.57 bits per heavy atom. The summed E-state index contributed by atoms with van der Waals surface area (Å²) in [6, 6.07) is 5.73. The van der Waals surface area contributed by atoms with E-state index in [0.717, 1.165) is 20.6 Å². The van der Waals surface area contributed by atoms with Crippen molar-refractivity contribution in [2.75, 3.05) is 0 Å². The smallest absolute Gasteiger partial charge is 0.168 e. The van der Waals surface area contributed by atoms with E-state index >= 15 is 0 Å². The summed E-state index contributed by atoms with van der Waals surface area (Å²) in [5.41, 5.74) is 1.43. The monoisotopic (exact) mass is 270 g/mol. The molecule has 0 aliphatic heterocycles. The second kappa shape index (κ2) is 3.67. The van der Waals surface area contributed by atoms with Crippen molar-refractivity contribution < 1.29 is 4.79 Å². The van der Waals surface area contributed by atoms with Gasteiger partial charge in [0.1, 0.15) is 11.4 Å². The molecule has 72 valence electrons. The second-order valence-corrected chi connectivity index (χ2v) is 5.26. The van der Waals surface area contributed by atoms with E-state index in [-0.39, 0.29) is 0 Å². The molecule has 0 fully saturated rings. The first-order valence-corrected chi connectivity index (χ1v) is 5.56. The Morgan fingerprint density at radius 3 is 2.86 bits per heavy atom. The van der Waals surface area contributed by atoms with E-state index in [1.54, 1.807) is 29.1 Å². The lowest BCUT2D eigenvalue weighted by molar-refractivity contribution is 0.111. The number of nitrogens with zero attached hydrogens (tertiary/aromatic N) is 2. The minimum atomic E-state index is 0.588. The van der Waals surface area contributed by atoms with E-state index < -0.39 is 0 Å². The Labute approximate surface area is 93.5 Å². The van der Waals surface area contributed by atoms with Crippen LogP contribution in [0.3, 0.4) is 0 Å². The maximum atomic E-state index is 10.6. The number of thiophene rings is 1. The van der Waals surface area contributed by atoms with Gasteiger partial charge in [-0.2, -0.15) is 5.10 Å². The Balaban J connectivity index is 2.47. The lowest BCUT2D eigenvalue weighted by Gasteiger charge is -1.88. The van der Waals surface area contributed by atoms with E-state index in [2.05, 4.69) is 21.0 Å². The number of aldehydes is 1. The summed E-state index contributed by atoms with van der Waals surface area (Å²) in [5, 5.41) is 4.24. The fourth-order valence-corrected chi connectivity index (χ4v) is 2.51. The molecule has 0 N–H and O–H groups in total. The van der Waals surface area contributed by atoms with Crippen molar-refractivity contribution >= 4 is 33.6 Å². The summed E-state index contributed by atoms with van der Waals surface area (Å²) in [5.74, 6) is 0. The van der Waals surface area contributed by atoms with Crippen LogP contribution in [0.1, 0.15) is 10.5 Å². The normalized spacial score (nSPS) is 10.4. The van der Waals surface area contributed by atoms with Crippen molar-refractivity contribution in [3.8, 4) is 10.6 Å². The number of carbonyl (C=O) groups is 1. The lowest BCUT2D eigenvalue weighted by Crippen LogP contribution is -1.95. The molecule has 0 radical (unpaired) electrons. The fourth-order valence-electron chi connectivity index (χ4n) is 1.16. The molecule has 14 heavy (non-hydrogen) atoms. The van der Waals surface area contributed by atoms with Crippen molar-refractivity contribution in [2.45, 2.75) is 0 Å². The number of halogens is 1. The number of aromatic nitrogens is 2. The third kappa shape index (κ3) is 1.65. The second-order valence-electron chi connectivity index (χ2n) is 2.80. The van der Waals surface area contributed by atoms with Gasteiger partial charge >= 0.3 is 0 Å². The first-order valence-electron chi connectivity index (χ1n) is 3.95. The topological polar surface area (TPSA) is 34.9 Å². The molecule has 5 heteroatoms. The minimum absolute atomic E-state index is 0.588. The van der Waals surface area contributed by atoms with Crippen LogP contribution in [-0.4, -0.2) is 16.1 Å². The highest BCUT2D eigenvalue weighted by molar-refractivity contribution is 9.11. The Kier molecular flexibility index (Phi) is 2.52. The Hall–Kier alpha value is -0.940. The summed E-state index contributed by atoms with van der Waals surface area (Å²) in [6.07, 6.45) is 0.805. The van der Waals surface area contributed by atoms with Crippen LogP contribution >= 0.6 is 27.3 Å². The van der Waals surface area contributed by atoms with Gasteiger partial charge in [-0.05, 0) is 34.1 Å². The van der Waals surface area contributed by atoms with Crippen LogP contribution < -0.4 is 0 Å². The zero-order chi connectivity index (χ0) is 10.1. The highest BCUT2D eigenvalue weighted by atomic mass is 79.9. The van der Waals surface area contributed by atoms with Gasteiger partial charge in [0.05, 0.1) is 8.66 Å². The molecule has 2 aromatic heterocycles. The molecule has 0 aliphatic rings. The average Bonchev–Trinajstić information content (AvgIpc) is 2.71. The number of hydrogen-bond donors (Lipinski definition) is 0. The molecule has 0 bridgehead atoms. The Morgan fingerprint density at radius 2 is 2.36 bits per heavy atom. The van der Waals surface area contributed by atoms with Crippen LogP contribution in [0, 0.1) is 0 Å². The lowest BCUT2D eigenvalue weighted by atomic mass is 10.3. The standard InChI is InChI=1S/C9H7BrN2OS/c1-12-6(5-13)4-7(11-12)8-2-3-9(10)14-8/h2-5H,1H3. The maximum absolute atomic E-state index is 10.6. The molecule has 0 saturated heterocycles. The SMILES string of the molecule is Cn1nc(-c2ccc(Br)s2)cc1C=O. The molecule has 0 saturated carbocycles. The van der Waals surface area contributed by atoms with Gasteiger partial charge in [-0.1, -0.05) is 0 Å². The van der Waals surface area contributed by atoms with Gasteiger partial charge in [0.15, 0.2) is 6.29 Å². The largest absolute Gasteiger partial charge is 0.296 e.